The molecule has 1 atom stereocenters. The number of hydrogen-bond donors (Lipinski definition) is 0. The standard InChI is InChI=1S/C20H23NO2/c22-20(14-13-17-8-3-1-4-9-17)23-19-12-7-15-21(16-19)18-10-5-2-6-11-18/h1-6,8-11,19H,7,12-16H2. The van der Waals surface area contributed by atoms with Gasteiger partial charge in [-0.25, -0.2) is 0 Å². The molecule has 23 heavy (non-hydrogen) atoms. The van der Waals surface area contributed by atoms with Crippen molar-refractivity contribution in [3.05, 3.63) is 66.2 Å². The first-order valence-corrected chi connectivity index (χ1v) is 8.34. The van der Waals surface area contributed by atoms with Crippen molar-refractivity contribution in [1.82, 2.24) is 0 Å². The molecule has 0 N–H and O–H groups in total. The molecule has 0 saturated carbocycles. The highest BCUT2D eigenvalue weighted by Crippen LogP contribution is 2.21. The Kier molecular flexibility index (Phi) is 5.30. The van der Waals surface area contributed by atoms with Gasteiger partial charge in [0.25, 0.3) is 0 Å². The summed E-state index contributed by atoms with van der Waals surface area (Å²) in [7, 11) is 0. The van der Waals surface area contributed by atoms with E-state index in [9.17, 15) is 4.79 Å². The van der Waals surface area contributed by atoms with Crippen LogP contribution in [0.2, 0.25) is 0 Å². The van der Waals surface area contributed by atoms with Crippen LogP contribution in [0.4, 0.5) is 5.69 Å². The second kappa shape index (κ2) is 7.82. The van der Waals surface area contributed by atoms with Gasteiger partial charge in [-0.3, -0.25) is 4.79 Å². The number of carbonyl (C=O) groups is 1. The fraction of sp³-hybridized carbons (Fsp3) is 0.350. The third-order valence-electron chi connectivity index (χ3n) is 4.26. The lowest BCUT2D eigenvalue weighted by Crippen LogP contribution is -2.40. The second-order valence-corrected chi connectivity index (χ2v) is 6.02. The average Bonchev–Trinajstić information content (AvgIpc) is 2.62. The summed E-state index contributed by atoms with van der Waals surface area (Å²) in [5.41, 5.74) is 2.39. The largest absolute Gasteiger partial charge is 0.460 e. The van der Waals surface area contributed by atoms with Crippen LogP contribution in [-0.4, -0.2) is 25.2 Å². The minimum Gasteiger partial charge on any atom is -0.460 e. The summed E-state index contributed by atoms with van der Waals surface area (Å²) >= 11 is 0. The Morgan fingerprint density at radius 1 is 1.04 bits per heavy atom. The van der Waals surface area contributed by atoms with Crippen LogP contribution < -0.4 is 4.90 Å². The number of aryl methyl sites for hydroxylation is 1. The van der Waals surface area contributed by atoms with Crippen molar-refractivity contribution in [2.45, 2.75) is 31.8 Å². The van der Waals surface area contributed by atoms with Gasteiger partial charge in [0, 0.05) is 18.7 Å². The van der Waals surface area contributed by atoms with Gasteiger partial charge in [0.2, 0.25) is 0 Å². The molecule has 1 aliphatic rings. The fourth-order valence-corrected chi connectivity index (χ4v) is 3.04. The normalized spacial score (nSPS) is 17.7. The SMILES string of the molecule is O=C(CCc1ccccc1)OC1CCCN(c2ccccc2)C1. The predicted molar refractivity (Wildman–Crippen MR) is 92.5 cm³/mol. The van der Waals surface area contributed by atoms with E-state index in [1.165, 1.54) is 11.3 Å². The summed E-state index contributed by atoms with van der Waals surface area (Å²) in [4.78, 5) is 14.4. The molecular formula is C20H23NO2. The van der Waals surface area contributed by atoms with Crippen molar-refractivity contribution in [2.24, 2.45) is 0 Å². The van der Waals surface area contributed by atoms with Crippen LogP contribution in [0, 0.1) is 0 Å². The van der Waals surface area contributed by atoms with Crippen LogP contribution in [0.5, 0.6) is 0 Å². The van der Waals surface area contributed by atoms with Crippen LogP contribution in [0.15, 0.2) is 60.7 Å². The van der Waals surface area contributed by atoms with Gasteiger partial charge in [-0.15, -0.1) is 0 Å². The molecule has 1 heterocycles. The first-order valence-electron chi connectivity index (χ1n) is 8.34. The van der Waals surface area contributed by atoms with E-state index in [1.807, 2.05) is 48.5 Å². The van der Waals surface area contributed by atoms with Crippen molar-refractivity contribution in [3.63, 3.8) is 0 Å². The predicted octanol–water partition coefficient (Wildman–Crippen LogP) is 3.83. The molecule has 1 fully saturated rings. The summed E-state index contributed by atoms with van der Waals surface area (Å²) in [6.07, 6.45) is 3.22. The van der Waals surface area contributed by atoms with Crippen LogP contribution in [0.1, 0.15) is 24.8 Å². The highest BCUT2D eigenvalue weighted by atomic mass is 16.5. The zero-order valence-corrected chi connectivity index (χ0v) is 13.4. The molecule has 3 nitrogen and oxygen atoms in total. The Balaban J connectivity index is 1.48. The Labute approximate surface area is 137 Å². The van der Waals surface area contributed by atoms with Crippen LogP contribution >= 0.6 is 0 Å². The smallest absolute Gasteiger partial charge is 0.306 e. The molecule has 0 aliphatic carbocycles. The number of ether oxygens (including phenoxy) is 1. The Bertz CT molecular complexity index is 612. The fourth-order valence-electron chi connectivity index (χ4n) is 3.04. The number of carbonyl (C=O) groups excluding carboxylic acids is 1. The molecule has 0 radical (unpaired) electrons. The molecule has 3 rings (SSSR count). The van der Waals surface area contributed by atoms with Crippen molar-refractivity contribution in [2.75, 3.05) is 18.0 Å². The lowest BCUT2D eigenvalue weighted by molar-refractivity contribution is -0.149. The molecule has 1 unspecified atom stereocenters. The van der Waals surface area contributed by atoms with Crippen LogP contribution in [0.25, 0.3) is 0 Å². The van der Waals surface area contributed by atoms with Crippen molar-refractivity contribution < 1.29 is 9.53 Å². The molecule has 2 aromatic rings. The Morgan fingerprint density at radius 2 is 1.74 bits per heavy atom. The van der Waals surface area contributed by atoms with E-state index >= 15 is 0 Å². The van der Waals surface area contributed by atoms with E-state index in [-0.39, 0.29) is 12.1 Å². The van der Waals surface area contributed by atoms with Gasteiger partial charge in [0.1, 0.15) is 6.10 Å². The quantitative estimate of drug-likeness (QED) is 0.786. The van der Waals surface area contributed by atoms with Gasteiger partial charge < -0.3 is 9.64 Å². The molecule has 120 valence electrons. The van der Waals surface area contributed by atoms with Gasteiger partial charge in [0.05, 0.1) is 6.54 Å². The Morgan fingerprint density at radius 3 is 2.48 bits per heavy atom. The third-order valence-corrected chi connectivity index (χ3v) is 4.26. The number of para-hydroxylation sites is 1. The highest BCUT2D eigenvalue weighted by molar-refractivity contribution is 5.70. The first-order chi connectivity index (χ1) is 11.3. The third kappa shape index (κ3) is 4.59. The van der Waals surface area contributed by atoms with E-state index < -0.39 is 0 Å². The first kappa shape index (κ1) is 15.6. The summed E-state index contributed by atoms with van der Waals surface area (Å²) < 4.78 is 5.68. The van der Waals surface area contributed by atoms with Crippen molar-refractivity contribution in [1.29, 1.82) is 0 Å². The minimum atomic E-state index is -0.0891. The second-order valence-electron chi connectivity index (χ2n) is 6.02. The summed E-state index contributed by atoms with van der Waals surface area (Å²) in [5.74, 6) is -0.0891. The highest BCUT2D eigenvalue weighted by Gasteiger charge is 2.23. The number of anilines is 1. The zero-order chi connectivity index (χ0) is 15.9. The number of nitrogens with zero attached hydrogens (tertiary/aromatic N) is 1. The number of rotatable bonds is 5. The lowest BCUT2D eigenvalue weighted by atomic mass is 10.1. The molecular weight excluding hydrogens is 286 g/mol. The number of esters is 1. The van der Waals surface area contributed by atoms with Crippen molar-refractivity contribution in [3.8, 4) is 0 Å². The van der Waals surface area contributed by atoms with E-state index in [2.05, 4.69) is 17.0 Å². The van der Waals surface area contributed by atoms with Crippen LogP contribution in [0.3, 0.4) is 0 Å². The number of piperidine rings is 1. The van der Waals surface area contributed by atoms with E-state index in [0.29, 0.717) is 6.42 Å². The van der Waals surface area contributed by atoms with E-state index in [4.69, 9.17) is 4.74 Å². The molecule has 1 saturated heterocycles. The zero-order valence-electron chi connectivity index (χ0n) is 13.4. The van der Waals surface area contributed by atoms with Gasteiger partial charge in [0.15, 0.2) is 0 Å². The van der Waals surface area contributed by atoms with E-state index in [1.54, 1.807) is 0 Å². The molecule has 1 aliphatic heterocycles. The molecule has 0 aromatic heterocycles. The maximum absolute atomic E-state index is 12.1. The number of benzene rings is 2. The van der Waals surface area contributed by atoms with Gasteiger partial charge in [-0.1, -0.05) is 48.5 Å². The van der Waals surface area contributed by atoms with Crippen LogP contribution in [-0.2, 0) is 16.0 Å². The molecule has 0 bridgehead atoms. The lowest BCUT2D eigenvalue weighted by Gasteiger charge is -2.34. The molecule has 0 spiro atoms. The van der Waals surface area contributed by atoms with Gasteiger partial charge in [-0.05, 0) is 37.0 Å². The average molecular weight is 309 g/mol. The summed E-state index contributed by atoms with van der Waals surface area (Å²) in [5, 5.41) is 0. The number of hydrogen-bond acceptors (Lipinski definition) is 3. The monoisotopic (exact) mass is 309 g/mol. The van der Waals surface area contributed by atoms with E-state index in [0.717, 1.165) is 32.4 Å². The molecule has 0 amide bonds. The Hall–Kier alpha value is -2.29. The summed E-state index contributed by atoms with van der Waals surface area (Å²) in [6, 6.07) is 20.4. The van der Waals surface area contributed by atoms with Crippen molar-refractivity contribution >= 4 is 11.7 Å². The van der Waals surface area contributed by atoms with Gasteiger partial charge in [-0.2, -0.15) is 0 Å². The minimum absolute atomic E-state index is 0.00669. The maximum atomic E-state index is 12.1. The summed E-state index contributed by atoms with van der Waals surface area (Å²) in [6.45, 7) is 1.82. The maximum Gasteiger partial charge on any atom is 0.306 e. The topological polar surface area (TPSA) is 29.5 Å². The van der Waals surface area contributed by atoms with Gasteiger partial charge >= 0.3 is 5.97 Å². The molecule has 3 heteroatoms. The molecule has 2 aromatic carbocycles.